The zero-order valence-corrected chi connectivity index (χ0v) is 18.4. The summed E-state index contributed by atoms with van der Waals surface area (Å²) in [5.74, 6) is 0.0962. The van der Waals surface area contributed by atoms with E-state index in [2.05, 4.69) is 15.0 Å². The van der Waals surface area contributed by atoms with E-state index in [0.717, 1.165) is 31.2 Å². The first kappa shape index (κ1) is 22.5. The summed E-state index contributed by atoms with van der Waals surface area (Å²) in [6.07, 6.45) is 8.60. The minimum atomic E-state index is -3.87. The van der Waals surface area contributed by atoms with Gasteiger partial charge in [-0.05, 0) is 49.1 Å². The van der Waals surface area contributed by atoms with Crippen molar-refractivity contribution in [3.63, 3.8) is 0 Å². The standard InChI is InChI=1S/C21H26ClN3O4S/c1-15-11-18(22)20(30(27,28)24-13-16-7-9-23-10-8-16)12-19(15)29-14-21(26)25-17-5-3-2-4-6-17/h7-12,17,24H,2-6,13-14H2,1H3,(H,25,26). The Morgan fingerprint density at radius 2 is 1.90 bits per heavy atom. The van der Waals surface area contributed by atoms with Crippen LogP contribution in [0.1, 0.15) is 43.2 Å². The summed E-state index contributed by atoms with van der Waals surface area (Å²) in [5, 5.41) is 3.07. The van der Waals surface area contributed by atoms with Crippen molar-refractivity contribution in [2.24, 2.45) is 0 Å². The number of pyridine rings is 1. The number of amides is 1. The molecule has 1 aliphatic carbocycles. The van der Waals surface area contributed by atoms with Crippen LogP contribution in [0.2, 0.25) is 5.02 Å². The number of rotatable bonds is 8. The van der Waals surface area contributed by atoms with Crippen LogP contribution in [0, 0.1) is 6.92 Å². The van der Waals surface area contributed by atoms with Gasteiger partial charge in [0.25, 0.3) is 5.91 Å². The average molecular weight is 452 g/mol. The van der Waals surface area contributed by atoms with Crippen LogP contribution in [-0.2, 0) is 21.4 Å². The maximum atomic E-state index is 12.7. The Morgan fingerprint density at radius 1 is 1.20 bits per heavy atom. The number of carbonyl (C=O) groups excluding carboxylic acids is 1. The predicted octanol–water partition coefficient (Wildman–Crippen LogP) is 3.35. The fourth-order valence-corrected chi connectivity index (χ4v) is 5.02. The summed E-state index contributed by atoms with van der Waals surface area (Å²) < 4.78 is 33.6. The molecule has 9 heteroatoms. The summed E-state index contributed by atoms with van der Waals surface area (Å²) in [6, 6.07) is 6.52. The number of benzene rings is 1. The van der Waals surface area contributed by atoms with E-state index in [4.69, 9.17) is 16.3 Å². The summed E-state index contributed by atoms with van der Waals surface area (Å²) in [6.45, 7) is 1.68. The molecule has 3 rings (SSSR count). The van der Waals surface area contributed by atoms with Crippen molar-refractivity contribution in [1.29, 1.82) is 0 Å². The van der Waals surface area contributed by atoms with Gasteiger partial charge in [0.1, 0.15) is 10.6 Å². The Balaban J connectivity index is 1.66. The van der Waals surface area contributed by atoms with Gasteiger partial charge in [0.15, 0.2) is 6.61 Å². The van der Waals surface area contributed by atoms with E-state index < -0.39 is 10.0 Å². The average Bonchev–Trinajstić information content (AvgIpc) is 2.73. The quantitative estimate of drug-likeness (QED) is 0.641. The van der Waals surface area contributed by atoms with E-state index in [1.807, 2.05) is 0 Å². The Bertz CT molecular complexity index is 977. The Kier molecular flexibility index (Phi) is 7.69. The van der Waals surface area contributed by atoms with Gasteiger partial charge in [-0.25, -0.2) is 13.1 Å². The molecule has 1 aromatic carbocycles. The molecule has 7 nitrogen and oxygen atoms in total. The maximum absolute atomic E-state index is 12.7. The first-order valence-electron chi connectivity index (χ1n) is 9.96. The molecule has 1 amide bonds. The third-order valence-electron chi connectivity index (χ3n) is 5.06. The number of carbonyl (C=O) groups is 1. The highest BCUT2D eigenvalue weighted by Gasteiger charge is 2.21. The molecule has 0 bridgehead atoms. The summed E-state index contributed by atoms with van der Waals surface area (Å²) >= 11 is 6.20. The van der Waals surface area contributed by atoms with Crippen LogP contribution in [0.15, 0.2) is 41.6 Å². The number of sulfonamides is 1. The number of hydrogen-bond donors (Lipinski definition) is 2. The van der Waals surface area contributed by atoms with Crippen molar-refractivity contribution in [3.8, 4) is 5.75 Å². The molecule has 0 radical (unpaired) electrons. The molecular weight excluding hydrogens is 426 g/mol. The van der Waals surface area contributed by atoms with Crippen LogP contribution in [0.25, 0.3) is 0 Å². The van der Waals surface area contributed by atoms with Crippen molar-refractivity contribution >= 4 is 27.5 Å². The summed E-state index contributed by atoms with van der Waals surface area (Å²) in [5.41, 5.74) is 1.42. The van der Waals surface area contributed by atoms with Crippen molar-refractivity contribution in [2.45, 2.75) is 56.5 Å². The molecule has 2 aromatic rings. The molecule has 0 aliphatic heterocycles. The molecule has 0 unspecified atom stereocenters. The van der Waals surface area contributed by atoms with Crippen LogP contribution < -0.4 is 14.8 Å². The van der Waals surface area contributed by atoms with Gasteiger partial charge in [0, 0.05) is 31.0 Å². The summed E-state index contributed by atoms with van der Waals surface area (Å²) in [7, 11) is -3.87. The number of nitrogens with zero attached hydrogens (tertiary/aromatic N) is 1. The van der Waals surface area contributed by atoms with Crippen LogP contribution in [0.5, 0.6) is 5.75 Å². The fraction of sp³-hybridized carbons (Fsp3) is 0.429. The van der Waals surface area contributed by atoms with E-state index in [0.29, 0.717) is 11.3 Å². The molecule has 1 aromatic heterocycles. The number of hydrogen-bond acceptors (Lipinski definition) is 5. The fourth-order valence-electron chi connectivity index (χ4n) is 3.41. The molecule has 0 saturated heterocycles. The molecule has 0 atom stereocenters. The Hall–Kier alpha value is -2.16. The molecule has 1 saturated carbocycles. The minimum Gasteiger partial charge on any atom is -0.483 e. The van der Waals surface area contributed by atoms with Gasteiger partial charge < -0.3 is 10.1 Å². The van der Waals surface area contributed by atoms with Gasteiger partial charge >= 0.3 is 0 Å². The van der Waals surface area contributed by atoms with E-state index in [1.54, 1.807) is 31.5 Å². The van der Waals surface area contributed by atoms with Gasteiger partial charge in [-0.3, -0.25) is 9.78 Å². The Morgan fingerprint density at radius 3 is 2.60 bits per heavy atom. The van der Waals surface area contributed by atoms with Crippen molar-refractivity contribution < 1.29 is 17.9 Å². The first-order chi connectivity index (χ1) is 14.3. The monoisotopic (exact) mass is 451 g/mol. The largest absolute Gasteiger partial charge is 0.483 e. The minimum absolute atomic E-state index is 0.0912. The number of halogens is 1. The second kappa shape index (κ2) is 10.2. The van der Waals surface area contributed by atoms with Crippen molar-refractivity contribution in [2.75, 3.05) is 6.61 Å². The lowest BCUT2D eigenvalue weighted by Gasteiger charge is -2.22. The zero-order chi connectivity index (χ0) is 21.6. The lowest BCUT2D eigenvalue weighted by Crippen LogP contribution is -2.39. The number of aryl methyl sites for hydroxylation is 1. The van der Waals surface area contributed by atoms with Gasteiger partial charge in [-0.2, -0.15) is 0 Å². The highest BCUT2D eigenvalue weighted by Crippen LogP contribution is 2.30. The molecule has 0 spiro atoms. The van der Waals surface area contributed by atoms with E-state index >= 15 is 0 Å². The second-order valence-electron chi connectivity index (χ2n) is 7.42. The molecular formula is C21H26ClN3O4S. The van der Waals surface area contributed by atoms with Gasteiger partial charge in [0.05, 0.1) is 5.02 Å². The van der Waals surface area contributed by atoms with Gasteiger partial charge in [-0.1, -0.05) is 30.9 Å². The SMILES string of the molecule is Cc1cc(Cl)c(S(=O)(=O)NCc2ccncc2)cc1OCC(=O)NC1CCCCC1. The van der Waals surface area contributed by atoms with E-state index in [9.17, 15) is 13.2 Å². The third kappa shape index (κ3) is 6.17. The molecule has 162 valence electrons. The topological polar surface area (TPSA) is 97.4 Å². The maximum Gasteiger partial charge on any atom is 0.258 e. The number of ether oxygens (including phenoxy) is 1. The zero-order valence-electron chi connectivity index (χ0n) is 16.9. The second-order valence-corrected chi connectivity index (χ2v) is 9.56. The van der Waals surface area contributed by atoms with Crippen molar-refractivity contribution in [1.82, 2.24) is 15.0 Å². The Labute approximate surface area is 182 Å². The normalized spacial score (nSPS) is 15.0. The lowest BCUT2D eigenvalue weighted by molar-refractivity contribution is -0.124. The summed E-state index contributed by atoms with van der Waals surface area (Å²) in [4.78, 5) is 16.0. The first-order valence-corrected chi connectivity index (χ1v) is 11.8. The number of aromatic nitrogens is 1. The van der Waals surface area contributed by atoms with E-state index in [1.165, 1.54) is 18.6 Å². The van der Waals surface area contributed by atoms with Crippen molar-refractivity contribution in [3.05, 3.63) is 52.8 Å². The third-order valence-corrected chi connectivity index (χ3v) is 6.93. The van der Waals surface area contributed by atoms with E-state index in [-0.39, 0.29) is 35.0 Å². The lowest BCUT2D eigenvalue weighted by atomic mass is 9.95. The molecule has 30 heavy (non-hydrogen) atoms. The molecule has 2 N–H and O–H groups in total. The van der Waals surface area contributed by atoms with Crippen LogP contribution >= 0.6 is 11.6 Å². The van der Waals surface area contributed by atoms with Crippen LogP contribution in [0.3, 0.4) is 0 Å². The van der Waals surface area contributed by atoms with Gasteiger partial charge in [0.2, 0.25) is 10.0 Å². The molecule has 1 heterocycles. The highest BCUT2D eigenvalue weighted by atomic mass is 35.5. The molecule has 1 fully saturated rings. The predicted molar refractivity (Wildman–Crippen MR) is 115 cm³/mol. The smallest absolute Gasteiger partial charge is 0.258 e. The number of nitrogens with one attached hydrogen (secondary N) is 2. The highest BCUT2D eigenvalue weighted by molar-refractivity contribution is 7.89. The van der Waals surface area contributed by atoms with Gasteiger partial charge in [-0.15, -0.1) is 0 Å². The van der Waals surface area contributed by atoms with Crippen LogP contribution in [-0.4, -0.2) is 32.0 Å². The molecule has 1 aliphatic rings. The van der Waals surface area contributed by atoms with Crippen LogP contribution in [0.4, 0.5) is 0 Å².